The standard InChI is InChI=1S/2Co.2Li.2Mn.5O2/c;;;;;;5*1-2/q2*+2;2*+1;2*+2;5*-2. The van der Waals surface area contributed by atoms with Crippen LogP contribution in [-0.4, -0.2) is 0 Å². The molecule has 10 nitrogen and oxygen atoms in total. The second-order valence-corrected chi connectivity index (χ2v) is 0. The van der Waals surface area contributed by atoms with E-state index in [1.165, 1.54) is 0 Å². The summed E-state index contributed by atoms with van der Waals surface area (Å²) in [5, 5.41) is 70.0. The van der Waals surface area contributed by atoms with Crippen LogP contribution in [0.4, 0.5) is 0 Å². The molecule has 0 spiro atoms. The molecule has 0 bridgehead atoms. The van der Waals surface area contributed by atoms with Crippen molar-refractivity contribution in [1.82, 2.24) is 0 Å². The monoisotopic (exact) mass is 402 g/mol. The smallest absolute Gasteiger partial charge is 1.00 e. The van der Waals surface area contributed by atoms with Crippen LogP contribution in [0.2, 0.25) is 0 Å². The van der Waals surface area contributed by atoms with Crippen molar-refractivity contribution >= 4 is 0 Å². The molecule has 0 aromatic rings. The van der Waals surface area contributed by atoms with Gasteiger partial charge in [0.1, 0.15) is 0 Å². The predicted octanol–water partition coefficient (Wildman–Crippen LogP) is -17.9. The minimum absolute atomic E-state index is 0. The van der Waals surface area contributed by atoms with Crippen LogP contribution in [0.15, 0.2) is 0 Å². The normalized spacial score (nSPS) is 1.88. The van der Waals surface area contributed by atoms with Gasteiger partial charge in [0.25, 0.3) is 0 Å². The van der Waals surface area contributed by atoms with Gasteiger partial charge >= 0.3 is 105 Å². The Labute approximate surface area is 156 Å². The van der Waals surface area contributed by atoms with Crippen LogP contribution in [0.5, 0.6) is 0 Å². The Morgan fingerprint density at radius 1 is 0.312 bits per heavy atom. The number of rotatable bonds is 0. The van der Waals surface area contributed by atoms with Gasteiger partial charge in [-0.1, -0.05) is 0 Å². The Balaban J connectivity index is -0.00000000198. The van der Waals surface area contributed by atoms with E-state index >= 15 is 0 Å². The second-order valence-electron chi connectivity index (χ2n) is 0. The fourth-order valence-electron chi connectivity index (χ4n) is 0. The van der Waals surface area contributed by atoms with Gasteiger partial charge in [0.15, 0.2) is 0 Å². The largest absolute Gasteiger partial charge is 2.00 e. The summed E-state index contributed by atoms with van der Waals surface area (Å²) in [7, 11) is 0. The molecule has 0 atom stereocenters. The third kappa shape index (κ3) is 522. The summed E-state index contributed by atoms with van der Waals surface area (Å²) in [6, 6.07) is 0. The predicted molar refractivity (Wildman–Crippen MR) is 0 cm³/mol. The van der Waals surface area contributed by atoms with Gasteiger partial charge in [-0.25, -0.2) is 0 Å². The molecule has 0 aliphatic rings. The Morgan fingerprint density at radius 3 is 0.312 bits per heavy atom. The quantitative estimate of drug-likeness (QED) is 0.211. The van der Waals surface area contributed by atoms with Crippen molar-refractivity contribution < 1.29 is 158 Å². The van der Waals surface area contributed by atoms with Gasteiger partial charge in [0.2, 0.25) is 0 Å². The number of hydrogen-bond donors (Lipinski definition) is 0. The molecular formula is Co2Li2Mn2O10. The Morgan fingerprint density at radius 2 is 0.312 bits per heavy atom. The summed E-state index contributed by atoms with van der Waals surface area (Å²) in [5.74, 6) is 0. The molecule has 0 N–H and O–H groups in total. The zero-order valence-corrected chi connectivity index (χ0v) is 11.9. The molecule has 0 saturated carbocycles. The molecule has 0 fully saturated rings. The summed E-state index contributed by atoms with van der Waals surface area (Å²) in [6.45, 7) is 0. The van der Waals surface area contributed by atoms with Crippen LogP contribution in [0.25, 0.3) is 0 Å². The Hall–Kier alpha value is 2.85. The van der Waals surface area contributed by atoms with Crippen LogP contribution in [-0.2, 0) is 67.7 Å². The minimum atomic E-state index is 0. The van der Waals surface area contributed by atoms with E-state index in [2.05, 4.69) is 0 Å². The molecule has 16 heavy (non-hydrogen) atoms. The van der Waals surface area contributed by atoms with Gasteiger partial charge in [-0.15, -0.1) is 0 Å². The molecule has 0 heterocycles. The van der Waals surface area contributed by atoms with E-state index in [9.17, 15) is 0 Å². The molecule has 0 rings (SSSR count). The molecule has 0 aromatic heterocycles. The average molecular weight is 402 g/mol. The van der Waals surface area contributed by atoms with Crippen molar-refractivity contribution in [3.63, 3.8) is 0 Å². The van der Waals surface area contributed by atoms with E-state index in [1.54, 1.807) is 0 Å². The first-order chi connectivity index (χ1) is 5.00. The minimum Gasteiger partial charge on any atom is -1.00 e. The van der Waals surface area contributed by atoms with Crippen LogP contribution in [0.1, 0.15) is 0 Å². The first-order valence-corrected chi connectivity index (χ1v) is 0.833. The fraction of sp³-hybridized carbons (Fsp3) is 0. The van der Waals surface area contributed by atoms with Gasteiger partial charge in [0.05, 0.1) is 0 Å². The summed E-state index contributed by atoms with van der Waals surface area (Å²) in [6.07, 6.45) is 0. The molecule has 94 valence electrons. The molecule has 16 heteroatoms. The Bertz CT molecular complexity index is 24.8. The summed E-state index contributed by atoms with van der Waals surface area (Å²) in [5.41, 5.74) is 0. The Kier molecular flexibility index (Phi) is 3810. The van der Waals surface area contributed by atoms with E-state index in [0.29, 0.717) is 0 Å². The second kappa shape index (κ2) is 625. The van der Waals surface area contributed by atoms with Crippen molar-refractivity contribution in [2.75, 3.05) is 0 Å². The number of hydrogen-bond acceptors (Lipinski definition) is 10. The van der Waals surface area contributed by atoms with Crippen LogP contribution in [0.3, 0.4) is 0 Å². The SMILES string of the molecule is [Co+2].[Co+2].[Li+].[Li+].[Mn+2].[Mn+2].[O-][O-].[O-][O-].[O-][O-].[O-][O-].[O-][O-]. The van der Waals surface area contributed by atoms with E-state index < -0.39 is 0 Å². The van der Waals surface area contributed by atoms with Crippen molar-refractivity contribution in [2.24, 2.45) is 0 Å². The zero-order chi connectivity index (χ0) is 10.0. The van der Waals surface area contributed by atoms with Crippen molar-refractivity contribution in [3.8, 4) is 0 Å². The average Bonchev–Trinajstić information content (AvgIpc) is 2.20. The third-order valence-electron chi connectivity index (χ3n) is 0. The van der Waals surface area contributed by atoms with Crippen LogP contribution in [0, 0.1) is 0 Å². The van der Waals surface area contributed by atoms with Crippen molar-refractivity contribution in [1.29, 1.82) is 0 Å². The maximum Gasteiger partial charge on any atom is 2.00 e. The maximum atomic E-state index is 7.00. The fourth-order valence-corrected chi connectivity index (χ4v) is 0. The maximum absolute atomic E-state index is 7.00. The van der Waals surface area contributed by atoms with E-state index in [4.69, 9.17) is 52.6 Å². The van der Waals surface area contributed by atoms with E-state index in [0.717, 1.165) is 0 Å². The summed E-state index contributed by atoms with van der Waals surface area (Å²) >= 11 is 0. The molecule has 0 unspecified atom stereocenters. The molecule has 4 radical (unpaired) electrons. The first kappa shape index (κ1) is 97.5. The summed E-state index contributed by atoms with van der Waals surface area (Å²) in [4.78, 5) is 0. The van der Waals surface area contributed by atoms with Crippen LogP contribution >= 0.6 is 0 Å². The summed E-state index contributed by atoms with van der Waals surface area (Å²) < 4.78 is 0. The van der Waals surface area contributed by atoms with E-state index in [-0.39, 0.29) is 105 Å². The molecular weight excluding hydrogens is 402 g/mol. The molecule has 0 aromatic carbocycles. The van der Waals surface area contributed by atoms with Crippen molar-refractivity contribution in [2.45, 2.75) is 0 Å². The molecule has 0 amide bonds. The van der Waals surface area contributed by atoms with Crippen molar-refractivity contribution in [3.05, 3.63) is 0 Å². The van der Waals surface area contributed by atoms with E-state index in [1.807, 2.05) is 0 Å². The van der Waals surface area contributed by atoms with Gasteiger partial charge in [-0.3, -0.25) is 0 Å². The first-order valence-electron chi connectivity index (χ1n) is 0.833. The molecule has 0 aliphatic heterocycles. The topological polar surface area (TPSA) is 231 Å². The van der Waals surface area contributed by atoms with Gasteiger partial charge in [0, 0.05) is 0 Å². The third-order valence-corrected chi connectivity index (χ3v) is 0. The van der Waals surface area contributed by atoms with Gasteiger partial charge in [-0.2, -0.15) is 0 Å². The molecule has 0 saturated heterocycles. The van der Waals surface area contributed by atoms with Gasteiger partial charge < -0.3 is 52.6 Å². The zero-order valence-electron chi connectivity index (χ0n) is 7.51. The molecule has 0 aliphatic carbocycles. The van der Waals surface area contributed by atoms with Crippen LogP contribution < -0.4 is 90.3 Å². The van der Waals surface area contributed by atoms with Gasteiger partial charge in [-0.05, 0) is 0 Å².